The number of hydrogen-bond acceptors (Lipinski definition) is 7. The number of thioether (sulfide) groups is 1. The van der Waals surface area contributed by atoms with Crippen molar-refractivity contribution in [1.82, 2.24) is 9.97 Å². The molecule has 166 valence electrons. The van der Waals surface area contributed by atoms with Gasteiger partial charge in [0.2, 0.25) is 5.95 Å². The van der Waals surface area contributed by atoms with Crippen LogP contribution in [-0.4, -0.2) is 42.8 Å². The van der Waals surface area contributed by atoms with Gasteiger partial charge in [0, 0.05) is 35.3 Å². The Bertz CT molecular complexity index is 1170. The van der Waals surface area contributed by atoms with E-state index < -0.39 is 10.0 Å². The Morgan fingerprint density at radius 2 is 1.81 bits per heavy atom. The molecule has 2 heterocycles. The first-order chi connectivity index (χ1) is 15.5. The van der Waals surface area contributed by atoms with Crippen LogP contribution in [0.3, 0.4) is 0 Å². The van der Waals surface area contributed by atoms with E-state index in [-0.39, 0.29) is 22.9 Å². The third-order valence-electron chi connectivity index (χ3n) is 4.79. The number of rotatable bonds is 8. The minimum absolute atomic E-state index is 0.0120. The van der Waals surface area contributed by atoms with Crippen LogP contribution < -0.4 is 10.0 Å². The van der Waals surface area contributed by atoms with Crippen LogP contribution in [0, 0.1) is 0 Å². The van der Waals surface area contributed by atoms with Gasteiger partial charge in [0.1, 0.15) is 0 Å². The van der Waals surface area contributed by atoms with E-state index in [9.17, 15) is 13.2 Å². The number of carbonyl (C=O) groups excluding carboxylic acids is 1. The molecule has 1 aliphatic heterocycles. The summed E-state index contributed by atoms with van der Waals surface area (Å²) >= 11 is 1.60. The maximum atomic E-state index is 12.9. The molecule has 1 atom stereocenters. The number of aromatic nitrogens is 2. The summed E-state index contributed by atoms with van der Waals surface area (Å²) in [7, 11) is -3.84. The molecule has 32 heavy (non-hydrogen) atoms. The quantitative estimate of drug-likeness (QED) is 0.482. The summed E-state index contributed by atoms with van der Waals surface area (Å²) in [6.45, 7) is 0.799. The zero-order valence-electron chi connectivity index (χ0n) is 17.1. The van der Waals surface area contributed by atoms with Gasteiger partial charge in [-0.2, -0.15) is 0 Å². The zero-order chi connectivity index (χ0) is 22.4. The Kier molecular flexibility index (Phi) is 7.03. The van der Waals surface area contributed by atoms with E-state index in [0.29, 0.717) is 11.3 Å². The number of ether oxygens (including phenoxy) is 1. The summed E-state index contributed by atoms with van der Waals surface area (Å²) in [6.07, 6.45) is 5.23. The van der Waals surface area contributed by atoms with Gasteiger partial charge < -0.3 is 10.1 Å². The fraction of sp³-hybridized carbons (Fsp3) is 0.227. The SMILES string of the molecule is O=C(Nc1ccc(S(=O)(=O)Nc2ncccn2)cc1)c1ccccc1SCC1CCCO1. The van der Waals surface area contributed by atoms with Gasteiger partial charge in [-0.3, -0.25) is 4.79 Å². The molecular formula is C22H22N4O4S2. The Labute approximate surface area is 190 Å². The third-order valence-corrected chi connectivity index (χ3v) is 7.34. The minimum atomic E-state index is -3.84. The molecule has 2 N–H and O–H groups in total. The number of anilines is 2. The maximum Gasteiger partial charge on any atom is 0.264 e. The van der Waals surface area contributed by atoms with Crippen molar-refractivity contribution in [2.45, 2.75) is 28.7 Å². The monoisotopic (exact) mass is 470 g/mol. The van der Waals surface area contributed by atoms with E-state index in [1.54, 1.807) is 36.0 Å². The van der Waals surface area contributed by atoms with Crippen molar-refractivity contribution >= 4 is 39.3 Å². The van der Waals surface area contributed by atoms with E-state index in [1.165, 1.54) is 24.5 Å². The summed E-state index contributed by atoms with van der Waals surface area (Å²) in [4.78, 5) is 21.5. The highest BCUT2D eigenvalue weighted by atomic mass is 32.2. The highest BCUT2D eigenvalue weighted by molar-refractivity contribution is 7.99. The normalized spacial score (nSPS) is 15.9. The van der Waals surface area contributed by atoms with Gasteiger partial charge in [-0.25, -0.2) is 23.1 Å². The predicted octanol–water partition coefficient (Wildman–Crippen LogP) is 3.80. The molecule has 1 saturated heterocycles. The molecule has 0 spiro atoms. The lowest BCUT2D eigenvalue weighted by atomic mass is 10.2. The molecule has 3 aromatic rings. The first kappa shape index (κ1) is 22.3. The highest BCUT2D eigenvalue weighted by Gasteiger charge is 2.19. The topological polar surface area (TPSA) is 110 Å². The first-order valence-corrected chi connectivity index (χ1v) is 12.5. The predicted molar refractivity (Wildman–Crippen MR) is 123 cm³/mol. The number of amides is 1. The van der Waals surface area contributed by atoms with Crippen molar-refractivity contribution < 1.29 is 17.9 Å². The van der Waals surface area contributed by atoms with E-state index in [4.69, 9.17) is 4.74 Å². The minimum Gasteiger partial charge on any atom is -0.377 e. The lowest BCUT2D eigenvalue weighted by Gasteiger charge is -2.13. The summed E-state index contributed by atoms with van der Waals surface area (Å²) in [6, 6.07) is 14.9. The second-order valence-corrected chi connectivity index (χ2v) is 9.84. The van der Waals surface area contributed by atoms with Crippen LogP contribution in [0.4, 0.5) is 11.6 Å². The van der Waals surface area contributed by atoms with Crippen LogP contribution in [-0.2, 0) is 14.8 Å². The molecule has 0 aliphatic carbocycles. The van der Waals surface area contributed by atoms with Crippen LogP contribution in [0.1, 0.15) is 23.2 Å². The van der Waals surface area contributed by atoms with Gasteiger partial charge in [-0.15, -0.1) is 11.8 Å². The molecule has 8 nitrogen and oxygen atoms in total. The zero-order valence-corrected chi connectivity index (χ0v) is 18.7. The molecule has 1 aliphatic rings. The number of hydrogen-bond donors (Lipinski definition) is 2. The number of carbonyl (C=O) groups is 1. The molecule has 10 heteroatoms. The van der Waals surface area contributed by atoms with Crippen LogP contribution in [0.15, 0.2) is 76.8 Å². The van der Waals surface area contributed by atoms with Crippen molar-refractivity contribution in [1.29, 1.82) is 0 Å². The Morgan fingerprint density at radius 3 is 2.53 bits per heavy atom. The Morgan fingerprint density at radius 1 is 1.06 bits per heavy atom. The fourth-order valence-electron chi connectivity index (χ4n) is 3.19. The molecular weight excluding hydrogens is 448 g/mol. The number of benzene rings is 2. The van der Waals surface area contributed by atoms with E-state index in [1.807, 2.05) is 18.2 Å². The molecule has 1 aromatic heterocycles. The first-order valence-electron chi connectivity index (χ1n) is 10.1. The van der Waals surface area contributed by atoms with E-state index in [0.717, 1.165) is 30.1 Å². The second kappa shape index (κ2) is 10.1. The summed E-state index contributed by atoms with van der Waals surface area (Å²) in [5, 5.41) is 2.83. The fourth-order valence-corrected chi connectivity index (χ4v) is 5.26. The van der Waals surface area contributed by atoms with Crippen LogP contribution >= 0.6 is 11.8 Å². The molecule has 4 rings (SSSR count). The van der Waals surface area contributed by atoms with Crippen molar-refractivity contribution in [2.75, 3.05) is 22.4 Å². The van der Waals surface area contributed by atoms with Crippen molar-refractivity contribution in [3.63, 3.8) is 0 Å². The summed E-state index contributed by atoms with van der Waals surface area (Å²) in [5.41, 5.74) is 1.05. The Balaban J connectivity index is 1.42. The van der Waals surface area contributed by atoms with Crippen LogP contribution in [0.25, 0.3) is 0 Å². The molecule has 0 radical (unpaired) electrons. The van der Waals surface area contributed by atoms with E-state index in [2.05, 4.69) is 20.0 Å². The number of nitrogens with one attached hydrogen (secondary N) is 2. The molecule has 0 bridgehead atoms. The van der Waals surface area contributed by atoms with Gasteiger partial charge in [-0.05, 0) is 55.3 Å². The number of sulfonamides is 1. The van der Waals surface area contributed by atoms with Gasteiger partial charge in [-0.1, -0.05) is 12.1 Å². The average molecular weight is 471 g/mol. The molecule has 0 saturated carbocycles. The summed E-state index contributed by atoms with van der Waals surface area (Å²) in [5.74, 6) is 0.531. The largest absolute Gasteiger partial charge is 0.377 e. The smallest absolute Gasteiger partial charge is 0.264 e. The van der Waals surface area contributed by atoms with Gasteiger partial charge in [0.05, 0.1) is 16.6 Å². The van der Waals surface area contributed by atoms with Crippen LogP contribution in [0.2, 0.25) is 0 Å². The van der Waals surface area contributed by atoms with Gasteiger partial charge in [0.25, 0.3) is 15.9 Å². The van der Waals surface area contributed by atoms with Crippen LogP contribution in [0.5, 0.6) is 0 Å². The third kappa shape index (κ3) is 5.64. The maximum absolute atomic E-state index is 12.9. The van der Waals surface area contributed by atoms with Crippen molar-refractivity contribution in [3.8, 4) is 0 Å². The molecule has 1 fully saturated rings. The lowest BCUT2D eigenvalue weighted by Crippen LogP contribution is -2.16. The lowest BCUT2D eigenvalue weighted by molar-refractivity contribution is 0.102. The van der Waals surface area contributed by atoms with Gasteiger partial charge in [0.15, 0.2) is 0 Å². The molecule has 1 amide bonds. The highest BCUT2D eigenvalue weighted by Crippen LogP contribution is 2.27. The van der Waals surface area contributed by atoms with E-state index >= 15 is 0 Å². The molecule has 1 unspecified atom stereocenters. The van der Waals surface area contributed by atoms with Crippen molar-refractivity contribution in [2.24, 2.45) is 0 Å². The summed E-state index contributed by atoms with van der Waals surface area (Å²) < 4.78 is 33.0. The Hall–Kier alpha value is -2.95. The van der Waals surface area contributed by atoms with Crippen molar-refractivity contribution in [3.05, 3.63) is 72.6 Å². The standard InChI is InChI=1S/C22H22N4O4S2/c27-21(19-6-1-2-7-20(19)31-15-17-5-3-14-30-17)25-16-8-10-18(11-9-16)32(28,29)26-22-23-12-4-13-24-22/h1-2,4,6-13,17H,3,5,14-15H2,(H,25,27)(H,23,24,26). The second-order valence-electron chi connectivity index (χ2n) is 7.10. The van der Waals surface area contributed by atoms with Gasteiger partial charge >= 0.3 is 0 Å². The number of nitrogens with zero attached hydrogens (tertiary/aromatic N) is 2. The average Bonchev–Trinajstić information content (AvgIpc) is 3.32. The molecule has 2 aromatic carbocycles.